The largest absolute Gasteiger partial charge is 0.494 e. The van der Waals surface area contributed by atoms with Crippen LogP contribution in [-0.2, 0) is 0 Å². The smallest absolute Gasteiger partial charge is 0.280 e. The lowest BCUT2D eigenvalue weighted by atomic mass is 9.93. The Balaban J connectivity index is 1.70. The van der Waals surface area contributed by atoms with Gasteiger partial charge in [0, 0.05) is 0 Å². The maximum absolute atomic E-state index is 12.8. The second kappa shape index (κ2) is 8.28. The zero-order valence-corrected chi connectivity index (χ0v) is 16.1. The highest BCUT2D eigenvalue weighted by Gasteiger charge is 2.34. The third-order valence-electron chi connectivity index (χ3n) is 6.10. The number of aliphatic imine (C=N–C) groups is 1. The highest BCUT2D eigenvalue weighted by atomic mass is 16.3. The first-order valence-electron chi connectivity index (χ1n) is 10.7. The summed E-state index contributed by atoms with van der Waals surface area (Å²) in [6.07, 6.45) is 19.4. The number of hydrogen-bond donors (Lipinski definition) is 2. The summed E-state index contributed by atoms with van der Waals surface area (Å²) in [6, 6.07) is 0. The lowest BCUT2D eigenvalue weighted by Gasteiger charge is -2.11. The van der Waals surface area contributed by atoms with Gasteiger partial charge in [-0.25, -0.2) is 4.99 Å². The van der Waals surface area contributed by atoms with Crippen molar-refractivity contribution in [1.29, 1.82) is 0 Å². The van der Waals surface area contributed by atoms with Crippen LogP contribution in [0.4, 0.5) is 0 Å². The van der Waals surface area contributed by atoms with E-state index >= 15 is 0 Å². The van der Waals surface area contributed by atoms with Gasteiger partial charge in [0.15, 0.2) is 5.88 Å². The molecule has 4 rings (SSSR count). The molecule has 4 nitrogen and oxygen atoms in total. The van der Waals surface area contributed by atoms with Gasteiger partial charge in [0.05, 0.1) is 22.5 Å². The van der Waals surface area contributed by atoms with Crippen LogP contribution in [0.15, 0.2) is 22.7 Å². The summed E-state index contributed by atoms with van der Waals surface area (Å²) in [7, 11) is 0. The molecule has 3 aliphatic rings. The molecule has 144 valence electrons. The van der Waals surface area contributed by atoms with Crippen molar-refractivity contribution in [2.75, 3.05) is 0 Å². The molecule has 2 aliphatic carbocycles. The van der Waals surface area contributed by atoms with E-state index in [0.29, 0.717) is 16.8 Å². The molecule has 1 amide bonds. The third-order valence-corrected chi connectivity index (χ3v) is 6.10. The summed E-state index contributed by atoms with van der Waals surface area (Å²) in [5, 5.41) is 10.7. The Morgan fingerprint density at radius 3 is 2.11 bits per heavy atom. The number of aromatic amines is 1. The zero-order chi connectivity index (χ0) is 18.6. The summed E-state index contributed by atoms with van der Waals surface area (Å²) in [5.74, 6) is -0.0939. The molecule has 0 unspecified atom stereocenters. The lowest BCUT2D eigenvalue weighted by molar-refractivity contribution is 0.101. The Kier molecular flexibility index (Phi) is 5.61. The average Bonchev–Trinajstić information content (AvgIpc) is 3.17. The van der Waals surface area contributed by atoms with Gasteiger partial charge in [-0.15, -0.1) is 0 Å². The van der Waals surface area contributed by atoms with Crippen LogP contribution in [0.1, 0.15) is 105 Å². The Morgan fingerprint density at radius 1 is 0.778 bits per heavy atom. The molecule has 0 bridgehead atoms. The standard InChI is InChI=1S/C23H30N2O2/c26-22-18-19(21(25-22)17-14-10-6-3-7-11-15-17)23(27)24-20(18)16-12-8-4-1-2-5-9-13-16/h12,14,25-26H,1-11,13,15H2/b16-12+,17-14+. The van der Waals surface area contributed by atoms with Crippen LogP contribution in [0.5, 0.6) is 5.88 Å². The van der Waals surface area contributed by atoms with E-state index in [1.165, 1.54) is 50.5 Å². The summed E-state index contributed by atoms with van der Waals surface area (Å²) in [4.78, 5) is 20.3. The van der Waals surface area contributed by atoms with Gasteiger partial charge >= 0.3 is 0 Å². The number of carbonyl (C=O) groups excluding carboxylic acids is 1. The van der Waals surface area contributed by atoms with E-state index < -0.39 is 0 Å². The van der Waals surface area contributed by atoms with E-state index in [4.69, 9.17) is 0 Å². The highest BCUT2D eigenvalue weighted by Crippen LogP contribution is 2.39. The maximum Gasteiger partial charge on any atom is 0.280 e. The number of amides is 1. The zero-order valence-electron chi connectivity index (χ0n) is 16.1. The van der Waals surface area contributed by atoms with Gasteiger partial charge in [-0.2, -0.15) is 0 Å². The highest BCUT2D eigenvalue weighted by molar-refractivity contribution is 6.29. The molecule has 0 spiro atoms. The number of aromatic nitrogens is 1. The van der Waals surface area contributed by atoms with Crippen LogP contribution in [0.2, 0.25) is 0 Å². The van der Waals surface area contributed by atoms with E-state index in [1.807, 2.05) is 0 Å². The Labute approximate surface area is 161 Å². The molecular formula is C23H30N2O2. The molecule has 0 saturated heterocycles. The van der Waals surface area contributed by atoms with Crippen molar-refractivity contribution in [3.05, 3.63) is 34.5 Å². The van der Waals surface area contributed by atoms with Crippen LogP contribution in [-0.4, -0.2) is 21.7 Å². The van der Waals surface area contributed by atoms with E-state index in [9.17, 15) is 9.90 Å². The molecule has 0 saturated carbocycles. The monoisotopic (exact) mass is 366 g/mol. The molecular weight excluding hydrogens is 336 g/mol. The fourth-order valence-corrected chi connectivity index (χ4v) is 4.62. The SMILES string of the molecule is O=C1N=C(/C2=C/CCCCCCC2)c2c(O)[nH]c(/C3=C/CCCCCC3)c21. The molecule has 4 heteroatoms. The summed E-state index contributed by atoms with van der Waals surface area (Å²) in [6.45, 7) is 0. The molecule has 0 aromatic carbocycles. The van der Waals surface area contributed by atoms with Crippen molar-refractivity contribution in [2.24, 2.45) is 4.99 Å². The number of rotatable bonds is 2. The van der Waals surface area contributed by atoms with Crippen molar-refractivity contribution in [2.45, 2.75) is 83.5 Å². The lowest BCUT2D eigenvalue weighted by Crippen LogP contribution is -2.03. The topological polar surface area (TPSA) is 65.4 Å². The number of allylic oxidation sites excluding steroid dienone is 4. The quantitative estimate of drug-likeness (QED) is 0.667. The minimum absolute atomic E-state index is 0.105. The first kappa shape index (κ1) is 18.3. The van der Waals surface area contributed by atoms with E-state index in [2.05, 4.69) is 22.1 Å². The second-order valence-electron chi connectivity index (χ2n) is 8.08. The Bertz CT molecular complexity index is 811. The van der Waals surface area contributed by atoms with Crippen LogP contribution in [0.3, 0.4) is 0 Å². The molecule has 0 radical (unpaired) electrons. The van der Waals surface area contributed by atoms with Gasteiger partial charge in [0.2, 0.25) is 0 Å². The number of fused-ring (bicyclic) bond motifs is 1. The minimum Gasteiger partial charge on any atom is -0.494 e. The Hall–Kier alpha value is -2.10. The predicted octanol–water partition coefficient (Wildman–Crippen LogP) is 6.07. The van der Waals surface area contributed by atoms with E-state index in [0.717, 1.165) is 49.8 Å². The fourth-order valence-electron chi connectivity index (χ4n) is 4.62. The molecule has 0 fully saturated rings. The molecule has 1 aromatic rings. The van der Waals surface area contributed by atoms with Crippen molar-refractivity contribution in [3.8, 4) is 5.88 Å². The molecule has 27 heavy (non-hydrogen) atoms. The molecule has 2 heterocycles. The fraction of sp³-hybridized carbons (Fsp3) is 0.565. The summed E-state index contributed by atoms with van der Waals surface area (Å²) < 4.78 is 0. The molecule has 1 aromatic heterocycles. The van der Waals surface area contributed by atoms with Crippen LogP contribution < -0.4 is 0 Å². The number of nitrogens with one attached hydrogen (secondary N) is 1. The van der Waals surface area contributed by atoms with Crippen LogP contribution in [0.25, 0.3) is 5.57 Å². The predicted molar refractivity (Wildman–Crippen MR) is 109 cm³/mol. The summed E-state index contributed by atoms with van der Waals surface area (Å²) in [5.41, 5.74) is 5.05. The van der Waals surface area contributed by atoms with Gasteiger partial charge in [0.1, 0.15) is 0 Å². The first-order chi connectivity index (χ1) is 13.3. The molecule has 1 aliphatic heterocycles. The summed E-state index contributed by atoms with van der Waals surface area (Å²) >= 11 is 0. The number of H-pyrrole nitrogens is 1. The van der Waals surface area contributed by atoms with Crippen molar-refractivity contribution in [3.63, 3.8) is 0 Å². The molecule has 0 atom stereocenters. The first-order valence-corrected chi connectivity index (χ1v) is 10.7. The number of carbonyl (C=O) groups is 1. The van der Waals surface area contributed by atoms with Gasteiger partial charge in [-0.3, -0.25) is 4.79 Å². The van der Waals surface area contributed by atoms with Gasteiger partial charge < -0.3 is 10.1 Å². The van der Waals surface area contributed by atoms with E-state index in [1.54, 1.807) is 0 Å². The van der Waals surface area contributed by atoms with Crippen molar-refractivity contribution >= 4 is 17.2 Å². The maximum atomic E-state index is 12.8. The minimum atomic E-state index is -0.199. The van der Waals surface area contributed by atoms with Gasteiger partial charge in [-0.1, -0.05) is 44.3 Å². The normalized spacial score (nSPS) is 25.6. The van der Waals surface area contributed by atoms with Crippen molar-refractivity contribution in [1.82, 2.24) is 4.98 Å². The average molecular weight is 367 g/mol. The van der Waals surface area contributed by atoms with E-state index in [-0.39, 0.29) is 11.8 Å². The van der Waals surface area contributed by atoms with Gasteiger partial charge in [-0.05, 0) is 62.5 Å². The number of hydrogen-bond acceptors (Lipinski definition) is 2. The number of aromatic hydroxyl groups is 1. The van der Waals surface area contributed by atoms with Crippen LogP contribution in [0, 0.1) is 0 Å². The third kappa shape index (κ3) is 3.80. The van der Waals surface area contributed by atoms with Crippen molar-refractivity contribution < 1.29 is 9.90 Å². The van der Waals surface area contributed by atoms with Gasteiger partial charge in [0.25, 0.3) is 5.91 Å². The number of nitrogens with zero attached hydrogens (tertiary/aromatic N) is 1. The second-order valence-corrected chi connectivity index (χ2v) is 8.08. The molecule has 2 N–H and O–H groups in total. The Morgan fingerprint density at radius 2 is 1.37 bits per heavy atom. The van der Waals surface area contributed by atoms with Crippen LogP contribution >= 0.6 is 0 Å².